The van der Waals surface area contributed by atoms with Gasteiger partial charge in [0.1, 0.15) is 17.6 Å². The number of nitrogens with one attached hydrogen (secondary N) is 2. The van der Waals surface area contributed by atoms with Crippen LogP contribution in [-0.4, -0.2) is 75.6 Å². The second-order valence-electron chi connectivity index (χ2n) is 13.5. The van der Waals surface area contributed by atoms with E-state index in [0.29, 0.717) is 42.5 Å². The summed E-state index contributed by atoms with van der Waals surface area (Å²) >= 11 is 0. The van der Waals surface area contributed by atoms with Crippen molar-refractivity contribution >= 4 is 50.4 Å². The molecule has 256 valence electrons. The lowest BCUT2D eigenvalue weighted by molar-refractivity contribution is -0.135. The second kappa shape index (κ2) is 12.6. The molecule has 1 aromatic heterocycles. The summed E-state index contributed by atoms with van der Waals surface area (Å²) in [5.41, 5.74) is 1.25. The molecule has 2 aromatic carbocycles. The fourth-order valence-electron chi connectivity index (χ4n) is 7.22. The number of hydrogen-bond donors (Lipinski definition) is 2. The first-order valence-electron chi connectivity index (χ1n) is 16.1. The van der Waals surface area contributed by atoms with Gasteiger partial charge in [0.05, 0.1) is 22.5 Å². The van der Waals surface area contributed by atoms with Gasteiger partial charge in [0.2, 0.25) is 21.8 Å². The van der Waals surface area contributed by atoms with Crippen molar-refractivity contribution in [1.82, 2.24) is 23.7 Å². The van der Waals surface area contributed by atoms with Gasteiger partial charge in [-0.25, -0.2) is 22.4 Å². The number of sulfonamides is 1. The lowest BCUT2D eigenvalue weighted by Gasteiger charge is -2.40. The zero-order valence-electron chi connectivity index (χ0n) is 27.1. The molecule has 2 N–H and O–H groups in total. The predicted octanol–water partition coefficient (Wildman–Crippen LogP) is 3.14. The van der Waals surface area contributed by atoms with Crippen LogP contribution >= 0.6 is 0 Å². The van der Waals surface area contributed by atoms with Gasteiger partial charge in [-0.3, -0.25) is 28.8 Å². The molecule has 3 aromatic rings. The number of Topliss-reactive ketones (excluding diaryl/α,β-unsaturated/α-hetero) is 1. The number of amides is 4. The van der Waals surface area contributed by atoms with E-state index < -0.39 is 45.1 Å². The van der Waals surface area contributed by atoms with Gasteiger partial charge in [0.25, 0.3) is 0 Å². The number of halogens is 1. The van der Waals surface area contributed by atoms with E-state index in [9.17, 15) is 36.8 Å². The number of rotatable bonds is 6. The van der Waals surface area contributed by atoms with Crippen molar-refractivity contribution in [1.29, 1.82) is 0 Å². The average molecular weight is 683 g/mol. The predicted molar refractivity (Wildman–Crippen MR) is 175 cm³/mol. The summed E-state index contributed by atoms with van der Waals surface area (Å²) in [7, 11) is -2.18. The van der Waals surface area contributed by atoms with Gasteiger partial charge in [-0.05, 0) is 74.4 Å². The molecule has 0 saturated carbocycles. The molecule has 6 rings (SSSR count). The van der Waals surface area contributed by atoms with Crippen molar-refractivity contribution in [3.05, 3.63) is 63.8 Å². The number of aryl methyl sites for hydroxylation is 1. The lowest BCUT2D eigenvalue weighted by Crippen LogP contribution is -2.53. The molecule has 0 radical (unpaired) electrons. The lowest BCUT2D eigenvalue weighted by atomic mass is 9.89. The van der Waals surface area contributed by atoms with Crippen LogP contribution < -0.4 is 16.3 Å². The molecule has 0 spiro atoms. The van der Waals surface area contributed by atoms with E-state index in [0.717, 1.165) is 11.6 Å². The summed E-state index contributed by atoms with van der Waals surface area (Å²) in [6, 6.07) is 8.24. The number of anilines is 1. The number of nitrogens with zero attached hydrogens (tertiary/aromatic N) is 4. The number of fused-ring (bicyclic) bond motifs is 1. The summed E-state index contributed by atoms with van der Waals surface area (Å²) in [5.74, 6) is -1.83. The van der Waals surface area contributed by atoms with Gasteiger partial charge in [-0.15, -0.1) is 0 Å². The summed E-state index contributed by atoms with van der Waals surface area (Å²) < 4.78 is 45.6. The maximum absolute atomic E-state index is 14.8. The summed E-state index contributed by atoms with van der Waals surface area (Å²) in [5, 5.41) is 4.92. The van der Waals surface area contributed by atoms with Crippen LogP contribution in [0, 0.1) is 5.82 Å². The van der Waals surface area contributed by atoms with Gasteiger partial charge in [-0.1, -0.05) is 12.1 Å². The van der Waals surface area contributed by atoms with Crippen LogP contribution in [0.25, 0.3) is 11.0 Å². The third kappa shape index (κ3) is 6.40. The Morgan fingerprint density at radius 2 is 1.71 bits per heavy atom. The number of carbonyl (C=O) groups excluding carboxylic acids is 4. The number of aromatic nitrogens is 2. The van der Waals surface area contributed by atoms with Gasteiger partial charge >= 0.3 is 11.7 Å². The van der Waals surface area contributed by atoms with Crippen LogP contribution in [-0.2, 0) is 37.2 Å². The number of ketones is 1. The molecular weight excluding hydrogens is 643 g/mol. The molecule has 3 saturated heterocycles. The fraction of sp³-hybridized carbons (Fsp3) is 0.485. The first-order valence-corrected chi connectivity index (χ1v) is 17.7. The monoisotopic (exact) mass is 682 g/mol. The Balaban J connectivity index is 1.11. The topological polar surface area (TPSA) is 160 Å². The maximum atomic E-state index is 14.8. The number of imide groups is 1. The number of imidazole rings is 1. The number of carbonyl (C=O) groups is 4. The first-order chi connectivity index (χ1) is 22.6. The van der Waals surface area contributed by atoms with Gasteiger partial charge in [-0.2, -0.15) is 4.31 Å². The molecule has 3 fully saturated rings. The molecule has 15 heteroatoms. The van der Waals surface area contributed by atoms with Crippen molar-refractivity contribution in [2.45, 2.75) is 75.6 Å². The Morgan fingerprint density at radius 1 is 0.979 bits per heavy atom. The van der Waals surface area contributed by atoms with Gasteiger partial charge in [0.15, 0.2) is 0 Å². The third-order valence-electron chi connectivity index (χ3n) is 9.74. The van der Waals surface area contributed by atoms with Crippen LogP contribution in [0.5, 0.6) is 0 Å². The molecule has 48 heavy (non-hydrogen) atoms. The number of urea groups is 1. The highest BCUT2D eigenvalue weighted by Crippen LogP contribution is 2.33. The molecule has 1 unspecified atom stereocenters. The van der Waals surface area contributed by atoms with Crippen LogP contribution in [0.15, 0.2) is 41.2 Å². The zero-order chi connectivity index (χ0) is 34.5. The van der Waals surface area contributed by atoms with Crippen molar-refractivity contribution in [3.8, 4) is 0 Å². The standard InChI is InChI=1S/C33H39FN6O7S/c1-33(2)18-23(41)12-15-39(33)48(46,47)19-20-4-6-24(34)25(16-20)35-31(44)38-13-10-21(11-14-38)22-5-7-26-28(17-22)37(3)32(45)40(26)27-8-9-29(42)36-30(27)43/h4-7,16-17,21,27H,8-15,18-19H2,1-3H3,(H,35,44)(H,36,42,43). The molecular formula is C33H39FN6O7S. The SMILES string of the molecule is Cn1c(=O)n(C2CCC(=O)NC2=O)c2ccc(C3CCN(C(=O)Nc4cc(CS(=O)(=O)N5CCC(=O)CC5(C)C)ccc4F)CC3)cc21. The molecule has 4 amide bonds. The van der Waals surface area contributed by atoms with E-state index in [1.165, 1.54) is 25.6 Å². The Morgan fingerprint density at radius 3 is 2.40 bits per heavy atom. The van der Waals surface area contributed by atoms with Crippen molar-refractivity contribution in [2.75, 3.05) is 25.0 Å². The first kappa shape index (κ1) is 33.5. The van der Waals surface area contributed by atoms with E-state index in [-0.39, 0.29) is 61.2 Å². The Bertz CT molecular complexity index is 1990. The van der Waals surface area contributed by atoms with Gasteiger partial charge in [0, 0.05) is 51.5 Å². The van der Waals surface area contributed by atoms with Crippen LogP contribution in [0.1, 0.15) is 75.5 Å². The quantitative estimate of drug-likeness (QED) is 0.378. The van der Waals surface area contributed by atoms with Gasteiger partial charge < -0.3 is 10.2 Å². The van der Waals surface area contributed by atoms with Crippen LogP contribution in [0.2, 0.25) is 0 Å². The maximum Gasteiger partial charge on any atom is 0.329 e. The number of piperidine rings is 3. The van der Waals surface area contributed by atoms with Crippen molar-refractivity contribution in [3.63, 3.8) is 0 Å². The minimum Gasteiger partial charge on any atom is -0.324 e. The summed E-state index contributed by atoms with van der Waals surface area (Å²) in [6.07, 6.45) is 1.92. The molecule has 3 aliphatic rings. The van der Waals surface area contributed by atoms with E-state index in [4.69, 9.17) is 0 Å². The average Bonchev–Trinajstić information content (AvgIpc) is 3.26. The van der Waals surface area contributed by atoms with E-state index in [1.54, 1.807) is 25.8 Å². The Hall–Kier alpha value is -4.37. The summed E-state index contributed by atoms with van der Waals surface area (Å²) in [6.45, 7) is 4.30. The van der Waals surface area contributed by atoms with Crippen LogP contribution in [0.4, 0.5) is 14.9 Å². The summed E-state index contributed by atoms with van der Waals surface area (Å²) in [4.78, 5) is 63.9. The number of benzene rings is 2. The fourth-order valence-corrected chi connectivity index (χ4v) is 9.17. The zero-order valence-corrected chi connectivity index (χ0v) is 27.9. The molecule has 0 aliphatic carbocycles. The van der Waals surface area contributed by atoms with E-state index >= 15 is 0 Å². The molecule has 13 nitrogen and oxygen atoms in total. The second-order valence-corrected chi connectivity index (χ2v) is 15.4. The molecule has 1 atom stereocenters. The Kier molecular flexibility index (Phi) is 8.79. The number of likely N-dealkylation sites (tertiary alicyclic amines) is 1. The molecule has 4 heterocycles. The largest absolute Gasteiger partial charge is 0.329 e. The number of hydrogen-bond acceptors (Lipinski definition) is 7. The highest BCUT2D eigenvalue weighted by atomic mass is 32.2. The van der Waals surface area contributed by atoms with E-state index in [2.05, 4.69) is 10.6 Å². The highest BCUT2D eigenvalue weighted by Gasteiger charge is 2.41. The normalized spacial score (nSPS) is 21.0. The van der Waals surface area contributed by atoms with E-state index in [1.807, 2.05) is 18.2 Å². The van der Waals surface area contributed by atoms with Crippen molar-refractivity contribution in [2.24, 2.45) is 7.05 Å². The smallest absolute Gasteiger partial charge is 0.324 e. The Labute approximate surface area is 277 Å². The van der Waals surface area contributed by atoms with Crippen molar-refractivity contribution < 1.29 is 32.0 Å². The third-order valence-corrected chi connectivity index (χ3v) is 11.8. The molecule has 3 aliphatic heterocycles. The highest BCUT2D eigenvalue weighted by molar-refractivity contribution is 7.88. The minimum atomic E-state index is -3.82. The van der Waals surface area contributed by atoms with Crippen LogP contribution in [0.3, 0.4) is 0 Å². The molecule has 0 bridgehead atoms. The minimum absolute atomic E-state index is 0.0111.